The molecule has 2 heterocycles. The van der Waals surface area contributed by atoms with Crippen LogP contribution in [0.25, 0.3) is 0 Å². The monoisotopic (exact) mass is 435 g/mol. The molecule has 3 aromatic rings. The van der Waals surface area contributed by atoms with Crippen molar-refractivity contribution >= 4 is 23.1 Å². The minimum Gasteiger partial charge on any atom is -0.340 e. The third kappa shape index (κ3) is 5.82. The number of hydrogen-bond acceptors (Lipinski definition) is 5. The number of benzene rings is 2. The number of anilines is 2. The summed E-state index contributed by atoms with van der Waals surface area (Å²) < 4.78 is 0. The van der Waals surface area contributed by atoms with Gasteiger partial charge in [0.05, 0.1) is 0 Å². The SMILES string of the molecule is Cc1nc(C)c(Cc2ccc(Cl)cc2)c(Nc2ccc(CN3CCN(C)CC3)cc2)n1. The van der Waals surface area contributed by atoms with Crippen LogP contribution in [0.4, 0.5) is 11.5 Å². The summed E-state index contributed by atoms with van der Waals surface area (Å²) in [7, 11) is 2.19. The number of rotatable bonds is 6. The molecule has 1 saturated heterocycles. The van der Waals surface area contributed by atoms with Gasteiger partial charge in [-0.15, -0.1) is 0 Å². The molecule has 0 spiro atoms. The van der Waals surface area contributed by atoms with E-state index in [0.717, 1.165) is 72.8 Å². The predicted octanol–water partition coefficient (Wildman–Crippen LogP) is 4.83. The van der Waals surface area contributed by atoms with Crippen LogP contribution in [0.2, 0.25) is 5.02 Å². The minimum absolute atomic E-state index is 0.746. The number of halogens is 1. The standard InChI is InChI=1S/C25H30ClN5/c1-18-24(16-20-4-8-22(26)9-5-20)25(28-19(2)27-18)29-23-10-6-21(7-11-23)17-31-14-12-30(3)13-15-31/h4-11H,12-17H2,1-3H3,(H,27,28,29). The molecule has 0 bridgehead atoms. The van der Waals surface area contributed by atoms with Gasteiger partial charge >= 0.3 is 0 Å². The molecule has 0 unspecified atom stereocenters. The molecule has 1 fully saturated rings. The Kier molecular flexibility index (Phi) is 6.86. The van der Waals surface area contributed by atoms with Crippen LogP contribution in [0.15, 0.2) is 48.5 Å². The van der Waals surface area contributed by atoms with Gasteiger partial charge in [-0.2, -0.15) is 0 Å². The topological polar surface area (TPSA) is 44.3 Å². The van der Waals surface area contributed by atoms with Crippen LogP contribution in [0.3, 0.4) is 0 Å². The lowest BCUT2D eigenvalue weighted by Gasteiger charge is -2.32. The number of piperazine rings is 1. The quantitative estimate of drug-likeness (QED) is 0.600. The van der Waals surface area contributed by atoms with Gasteiger partial charge in [-0.1, -0.05) is 35.9 Å². The van der Waals surface area contributed by atoms with E-state index in [2.05, 4.69) is 63.5 Å². The van der Waals surface area contributed by atoms with Crippen LogP contribution < -0.4 is 5.32 Å². The van der Waals surface area contributed by atoms with Gasteiger partial charge in [0.2, 0.25) is 0 Å². The molecule has 0 saturated carbocycles. The molecule has 0 amide bonds. The van der Waals surface area contributed by atoms with Crippen molar-refractivity contribution in [1.82, 2.24) is 19.8 Å². The first kappa shape index (κ1) is 21.8. The first-order valence-electron chi connectivity index (χ1n) is 10.8. The van der Waals surface area contributed by atoms with Crippen molar-refractivity contribution in [2.24, 2.45) is 0 Å². The molecule has 1 N–H and O–H groups in total. The highest BCUT2D eigenvalue weighted by Crippen LogP contribution is 2.25. The molecule has 6 heteroatoms. The number of nitrogens with zero attached hydrogens (tertiary/aromatic N) is 4. The number of aromatic nitrogens is 2. The van der Waals surface area contributed by atoms with Gasteiger partial charge < -0.3 is 10.2 Å². The van der Waals surface area contributed by atoms with E-state index in [1.54, 1.807) is 0 Å². The predicted molar refractivity (Wildman–Crippen MR) is 128 cm³/mol. The molecule has 5 nitrogen and oxygen atoms in total. The lowest BCUT2D eigenvalue weighted by atomic mass is 10.0. The van der Waals surface area contributed by atoms with Crippen molar-refractivity contribution in [3.05, 3.63) is 81.8 Å². The highest BCUT2D eigenvalue weighted by Gasteiger charge is 2.14. The Morgan fingerprint density at radius 1 is 0.871 bits per heavy atom. The Morgan fingerprint density at radius 3 is 2.19 bits per heavy atom. The summed E-state index contributed by atoms with van der Waals surface area (Å²) in [5, 5.41) is 4.27. The average molecular weight is 436 g/mol. The molecular formula is C25H30ClN5. The number of aryl methyl sites for hydroxylation is 2. The van der Waals surface area contributed by atoms with Crippen molar-refractivity contribution in [2.45, 2.75) is 26.8 Å². The third-order valence-corrected chi connectivity index (χ3v) is 6.09. The summed E-state index contributed by atoms with van der Waals surface area (Å²) in [5.74, 6) is 1.64. The van der Waals surface area contributed by atoms with Crippen molar-refractivity contribution in [1.29, 1.82) is 0 Å². The third-order valence-electron chi connectivity index (χ3n) is 5.84. The average Bonchev–Trinajstić information content (AvgIpc) is 2.75. The van der Waals surface area contributed by atoms with E-state index < -0.39 is 0 Å². The van der Waals surface area contributed by atoms with Gasteiger partial charge in [-0.3, -0.25) is 4.90 Å². The fourth-order valence-corrected chi connectivity index (χ4v) is 4.08. The van der Waals surface area contributed by atoms with Crippen molar-refractivity contribution < 1.29 is 0 Å². The van der Waals surface area contributed by atoms with Gasteiger partial charge in [-0.05, 0) is 56.3 Å². The maximum atomic E-state index is 6.04. The molecule has 0 radical (unpaired) electrons. The summed E-state index contributed by atoms with van der Waals surface area (Å²) in [6.07, 6.45) is 0.757. The largest absolute Gasteiger partial charge is 0.340 e. The molecule has 0 aliphatic carbocycles. The zero-order valence-electron chi connectivity index (χ0n) is 18.5. The maximum absolute atomic E-state index is 6.04. The summed E-state index contributed by atoms with van der Waals surface area (Å²) in [4.78, 5) is 14.2. The first-order valence-corrected chi connectivity index (χ1v) is 11.2. The summed E-state index contributed by atoms with van der Waals surface area (Å²) in [6.45, 7) is 9.52. The van der Waals surface area contributed by atoms with E-state index in [-0.39, 0.29) is 0 Å². The summed E-state index contributed by atoms with van der Waals surface area (Å²) in [6, 6.07) is 16.7. The van der Waals surface area contributed by atoms with Crippen molar-refractivity contribution in [3.8, 4) is 0 Å². The highest BCUT2D eigenvalue weighted by molar-refractivity contribution is 6.30. The van der Waals surface area contributed by atoms with E-state index >= 15 is 0 Å². The summed E-state index contributed by atoms with van der Waals surface area (Å²) in [5.41, 5.74) is 5.67. The first-order chi connectivity index (χ1) is 15.0. The Labute approximate surface area is 190 Å². The molecule has 162 valence electrons. The van der Waals surface area contributed by atoms with Gasteiger partial charge in [0.15, 0.2) is 0 Å². The molecule has 1 aliphatic rings. The normalized spacial score (nSPS) is 15.2. The molecule has 1 aliphatic heterocycles. The Morgan fingerprint density at radius 2 is 1.52 bits per heavy atom. The zero-order chi connectivity index (χ0) is 21.8. The van der Waals surface area contributed by atoms with Crippen LogP contribution in [0.5, 0.6) is 0 Å². The number of nitrogens with one attached hydrogen (secondary N) is 1. The summed E-state index contributed by atoms with van der Waals surface area (Å²) >= 11 is 6.04. The molecule has 0 atom stereocenters. The van der Waals surface area contributed by atoms with Crippen molar-refractivity contribution in [2.75, 3.05) is 38.5 Å². The molecular weight excluding hydrogens is 406 g/mol. The van der Waals surface area contributed by atoms with Gasteiger partial charge in [0.25, 0.3) is 0 Å². The van der Waals surface area contributed by atoms with Gasteiger partial charge in [0.1, 0.15) is 11.6 Å². The van der Waals surface area contributed by atoms with Gasteiger partial charge in [0, 0.05) is 61.1 Å². The smallest absolute Gasteiger partial charge is 0.137 e. The highest BCUT2D eigenvalue weighted by atomic mass is 35.5. The molecule has 31 heavy (non-hydrogen) atoms. The second-order valence-electron chi connectivity index (χ2n) is 8.39. The maximum Gasteiger partial charge on any atom is 0.137 e. The van der Waals surface area contributed by atoms with E-state index in [1.807, 2.05) is 26.0 Å². The van der Waals surface area contributed by atoms with Crippen LogP contribution in [-0.2, 0) is 13.0 Å². The van der Waals surface area contributed by atoms with Crippen LogP contribution in [0.1, 0.15) is 28.2 Å². The Hall–Kier alpha value is -2.47. The van der Waals surface area contributed by atoms with Crippen LogP contribution in [0, 0.1) is 13.8 Å². The number of likely N-dealkylation sites (N-methyl/N-ethyl adjacent to an activating group) is 1. The molecule has 1 aromatic heterocycles. The second kappa shape index (κ2) is 9.77. The van der Waals surface area contributed by atoms with E-state index in [1.165, 1.54) is 11.1 Å². The zero-order valence-corrected chi connectivity index (χ0v) is 19.3. The van der Waals surface area contributed by atoms with E-state index in [4.69, 9.17) is 16.6 Å². The van der Waals surface area contributed by atoms with E-state index in [0.29, 0.717) is 0 Å². The molecule has 2 aromatic carbocycles. The number of hydrogen-bond donors (Lipinski definition) is 1. The molecule has 4 rings (SSSR count). The Bertz CT molecular complexity index is 1010. The van der Waals surface area contributed by atoms with Gasteiger partial charge in [-0.25, -0.2) is 9.97 Å². The van der Waals surface area contributed by atoms with E-state index in [9.17, 15) is 0 Å². The fraction of sp³-hybridized carbons (Fsp3) is 0.360. The fourth-order valence-electron chi connectivity index (χ4n) is 3.95. The van der Waals surface area contributed by atoms with Crippen LogP contribution >= 0.6 is 11.6 Å². The Balaban J connectivity index is 1.48. The van der Waals surface area contributed by atoms with Crippen molar-refractivity contribution in [3.63, 3.8) is 0 Å². The van der Waals surface area contributed by atoms with Crippen LogP contribution in [-0.4, -0.2) is 53.0 Å². The minimum atomic E-state index is 0.746. The lowest BCUT2D eigenvalue weighted by Crippen LogP contribution is -2.43. The lowest BCUT2D eigenvalue weighted by molar-refractivity contribution is 0.148. The second-order valence-corrected chi connectivity index (χ2v) is 8.82.